The van der Waals surface area contributed by atoms with Crippen LogP contribution >= 0.6 is 6.79 Å². The second-order valence-corrected chi connectivity index (χ2v) is 0. The van der Waals surface area contributed by atoms with Crippen LogP contribution in [0.2, 0.25) is 0 Å². The molecule has 8 heteroatoms. The third-order valence-electron chi connectivity index (χ3n) is 0. The molecule has 12 N–H and O–H groups in total. The third-order valence-corrected chi connectivity index (χ3v) is 0. The van der Waals surface area contributed by atoms with Crippen LogP contribution in [0.5, 0.6) is 0 Å². The molecule has 6 nitrogen and oxygen atoms in total. The van der Waals surface area contributed by atoms with Crippen LogP contribution in [0, 0.1) is 32.3 Å². The zero-order chi connectivity index (χ0) is 2.00. The van der Waals surface area contributed by atoms with E-state index in [4.69, 9.17) is 6.79 Å². The zero-order valence-electron chi connectivity index (χ0n) is 3.96. The summed E-state index contributed by atoms with van der Waals surface area (Å²) in [4.78, 5) is 0. The Balaban J connectivity index is -0.000000000333. The van der Waals surface area contributed by atoms with E-state index in [1.165, 1.54) is 0 Å². The molecule has 0 spiro atoms. The van der Waals surface area contributed by atoms with Crippen LogP contribution in [0.1, 0.15) is 0 Å². The summed E-state index contributed by atoms with van der Waals surface area (Å²) >= 11 is 0.639. The van der Waals surface area contributed by atoms with E-state index in [0.29, 0.717) is 32.3 Å². The molecule has 0 aromatic carbocycles. The van der Waals surface area contributed by atoms with Gasteiger partial charge in [0.15, 0.2) is 0 Å². The molecule has 0 aliphatic heterocycles. The van der Waals surface area contributed by atoms with Gasteiger partial charge in [0, 0.05) is 0 Å². The van der Waals surface area contributed by atoms with Gasteiger partial charge in [0.05, 0.1) is 0 Å². The first-order chi connectivity index (χ1) is 1.00. The molecule has 0 saturated heterocycles. The van der Waals surface area contributed by atoms with Gasteiger partial charge in [0.1, 0.15) is 0 Å². The molecular weight excluding hydrogens is 270 g/mol. The Morgan fingerprint density at radius 1 is 0.500 bits per heavy atom. The minimum atomic E-state index is 0. The quantitative estimate of drug-likeness (QED) is 0.416. The molecule has 0 atom stereocenters. The molecule has 0 bridgehead atoms. The van der Waals surface area contributed by atoms with Gasteiger partial charge in [0.2, 0.25) is 0 Å². The average molecular weight is 282 g/mol. The normalized spacial score (nSPS) is 0.500. The van der Waals surface area contributed by atoms with Crippen molar-refractivity contribution < 1.29 is 65.1 Å². The van der Waals surface area contributed by atoms with Crippen molar-refractivity contribution >= 4 is 6.79 Å². The van der Waals surface area contributed by atoms with Crippen molar-refractivity contribution in [2.24, 2.45) is 0 Å². The fourth-order valence-corrected chi connectivity index (χ4v) is 0. The van der Waals surface area contributed by atoms with E-state index in [0.717, 1.165) is 0 Å². The fourth-order valence-electron chi connectivity index (χ4n) is 0. The Kier molecular flexibility index (Phi) is 4350. The van der Waals surface area contributed by atoms with Crippen LogP contribution in [0.15, 0.2) is 0 Å². The molecule has 0 rings (SSSR count). The summed E-state index contributed by atoms with van der Waals surface area (Å²) in [6, 6.07) is 0. The molecule has 8 heavy (non-hydrogen) atoms. The van der Waals surface area contributed by atoms with Crippen LogP contribution in [-0.4, -0.2) is 32.9 Å². The molecule has 0 fully saturated rings. The van der Waals surface area contributed by atoms with Crippen LogP contribution in [0.25, 0.3) is 0 Å². The predicted octanol–water partition coefficient (Wildman–Crippen LogP) is -4.26. The van der Waals surface area contributed by atoms with Gasteiger partial charge >= 0.3 is 39.1 Å². The van der Waals surface area contributed by atoms with Gasteiger partial charge in [-0.15, -0.1) is 0 Å². The predicted molar refractivity (Wildman–Crippen MR) is 27.5 cm³/mol. The second kappa shape index (κ2) is 279. The molecule has 0 saturated carbocycles. The van der Waals surface area contributed by atoms with Gasteiger partial charge in [-0.1, -0.05) is 0 Å². The van der Waals surface area contributed by atoms with E-state index in [9.17, 15) is 0 Å². The average Bonchev–Trinajstić information content (AvgIpc) is 1.00. The Morgan fingerprint density at radius 2 is 0.500 bits per heavy atom. The molecule has 0 heterocycles. The van der Waals surface area contributed by atoms with Crippen molar-refractivity contribution in [3.05, 3.63) is 0 Å². The van der Waals surface area contributed by atoms with Gasteiger partial charge in [-0.2, -0.15) is 0 Å². The summed E-state index contributed by atoms with van der Waals surface area (Å²) in [5.74, 6) is 0. The van der Waals surface area contributed by atoms with Gasteiger partial charge in [0.25, 0.3) is 0 Å². The van der Waals surface area contributed by atoms with Crippen molar-refractivity contribution in [2.75, 3.05) is 0 Å². The molecule has 0 aliphatic carbocycles. The maximum absolute atomic E-state index is 4.81. The molecule has 0 aromatic rings. The molecule has 0 aliphatic rings. The van der Waals surface area contributed by atoms with E-state index >= 15 is 0 Å². The van der Waals surface area contributed by atoms with Crippen molar-refractivity contribution in [1.29, 1.82) is 0 Å². The van der Waals surface area contributed by atoms with Gasteiger partial charge < -0.3 is 32.9 Å². The van der Waals surface area contributed by atoms with Crippen LogP contribution in [0.4, 0.5) is 0 Å². The SMILES string of the molecule is O.O.O.O.O.O.[Cl][La]. The Bertz CT molecular complexity index is 8.49. The van der Waals surface area contributed by atoms with E-state index < -0.39 is 0 Å². The molecular formula is H12ClLaO6. The van der Waals surface area contributed by atoms with Crippen LogP contribution in [0.3, 0.4) is 0 Å². The number of rotatable bonds is 0. The van der Waals surface area contributed by atoms with Gasteiger partial charge in [-0.05, 0) is 0 Å². The molecule has 58 valence electrons. The molecule has 0 radical (unpaired) electrons. The Labute approximate surface area is 71.6 Å². The summed E-state index contributed by atoms with van der Waals surface area (Å²) < 4.78 is 0. The standard InChI is InChI=1S/ClH.La.6H2O/h1H;;6*1H2/q;+1;;;;;;/p-1. The first kappa shape index (κ1) is 125. The number of hydrogen-bond acceptors (Lipinski definition) is 0. The minimum absolute atomic E-state index is 0. The molecule has 0 unspecified atom stereocenters. The summed E-state index contributed by atoms with van der Waals surface area (Å²) in [6.07, 6.45) is 0. The second-order valence-electron chi connectivity index (χ2n) is 0. The van der Waals surface area contributed by atoms with Crippen molar-refractivity contribution in [2.45, 2.75) is 0 Å². The monoisotopic (exact) mass is 282 g/mol. The molecule has 0 amide bonds. The zero-order valence-corrected chi connectivity index (χ0v) is 8.34. The van der Waals surface area contributed by atoms with Crippen molar-refractivity contribution in [3.63, 3.8) is 0 Å². The van der Waals surface area contributed by atoms with Gasteiger partial charge in [-0.25, -0.2) is 0 Å². The number of halogens is 1. The van der Waals surface area contributed by atoms with Crippen molar-refractivity contribution in [3.8, 4) is 0 Å². The summed E-state index contributed by atoms with van der Waals surface area (Å²) in [5.41, 5.74) is 0. The Morgan fingerprint density at radius 3 is 0.500 bits per heavy atom. The Hall–Kier alpha value is 1.24. The van der Waals surface area contributed by atoms with Crippen LogP contribution in [-0.2, 0) is 0 Å². The third kappa shape index (κ3) is 182. The first-order valence-corrected chi connectivity index (χ1v) is 4.77. The van der Waals surface area contributed by atoms with E-state index in [2.05, 4.69) is 0 Å². The summed E-state index contributed by atoms with van der Waals surface area (Å²) in [7, 11) is 0. The fraction of sp³-hybridized carbons (Fsp3) is 0. The van der Waals surface area contributed by atoms with E-state index in [1.54, 1.807) is 0 Å². The van der Waals surface area contributed by atoms with E-state index in [1.807, 2.05) is 0 Å². The topological polar surface area (TPSA) is 189 Å². The number of hydrogen-bond donors (Lipinski definition) is 0. The summed E-state index contributed by atoms with van der Waals surface area (Å²) in [5, 5.41) is 0. The first-order valence-electron chi connectivity index (χ1n) is 0.218. The summed E-state index contributed by atoms with van der Waals surface area (Å²) in [6.45, 7) is 4.81. The van der Waals surface area contributed by atoms with Crippen molar-refractivity contribution in [1.82, 2.24) is 0 Å². The van der Waals surface area contributed by atoms with E-state index in [-0.39, 0.29) is 32.9 Å². The maximum atomic E-state index is 4.81. The molecule has 0 aromatic heterocycles. The van der Waals surface area contributed by atoms with Gasteiger partial charge in [-0.3, -0.25) is 0 Å². The van der Waals surface area contributed by atoms with Crippen LogP contribution < -0.4 is 0 Å².